The molecule has 1 unspecified atom stereocenters. The quantitative estimate of drug-likeness (QED) is 0.711. The van der Waals surface area contributed by atoms with E-state index in [9.17, 15) is 9.13 Å². The topological polar surface area (TPSA) is 47.1 Å². The first-order valence-electron chi connectivity index (χ1n) is 5.28. The van der Waals surface area contributed by atoms with E-state index in [0.29, 0.717) is 13.3 Å². The van der Waals surface area contributed by atoms with E-state index in [4.69, 9.17) is 0 Å². The highest BCUT2D eigenvalue weighted by molar-refractivity contribution is 7.60. The smallest absolute Gasteiger partial charge is 0.217 e. The summed E-state index contributed by atoms with van der Waals surface area (Å²) in [4.78, 5) is 2.11. The van der Waals surface area contributed by atoms with E-state index in [1.54, 1.807) is 20.0 Å². The second kappa shape index (κ2) is 3.91. The normalized spacial score (nSPS) is 29.5. The molecule has 0 aromatic rings. The third-order valence-electron chi connectivity index (χ3n) is 3.19. The van der Waals surface area contributed by atoms with Crippen molar-refractivity contribution >= 4 is 14.7 Å². The summed E-state index contributed by atoms with van der Waals surface area (Å²) in [7, 11) is -2.55. The fourth-order valence-corrected chi connectivity index (χ4v) is 4.95. The Hall–Kier alpha value is 0.300. The van der Waals surface area contributed by atoms with E-state index >= 15 is 0 Å². The van der Waals surface area contributed by atoms with Crippen LogP contribution in [0.4, 0.5) is 0 Å². The molecule has 0 spiro atoms. The van der Waals surface area contributed by atoms with Gasteiger partial charge in [0.05, 0.1) is 26.7 Å². The van der Waals surface area contributed by atoms with Crippen LogP contribution >= 0.6 is 14.7 Å². The molecule has 0 aromatic heterocycles. The average Bonchev–Trinajstić information content (AvgIpc) is 1.91. The van der Waals surface area contributed by atoms with E-state index in [2.05, 4.69) is 4.90 Å². The van der Waals surface area contributed by atoms with Crippen LogP contribution in [-0.2, 0) is 9.13 Å². The monoisotopic (exact) mass is 266 g/mol. The lowest BCUT2D eigenvalue weighted by Gasteiger charge is -2.53. The van der Waals surface area contributed by atoms with Gasteiger partial charge in [0.15, 0.2) is 0 Å². The van der Waals surface area contributed by atoms with E-state index in [1.165, 1.54) is 0 Å². The summed E-state index contributed by atoms with van der Waals surface area (Å²) < 4.78 is 30.1. The van der Waals surface area contributed by atoms with Crippen LogP contribution in [0.15, 0.2) is 0 Å². The van der Waals surface area contributed by atoms with Crippen molar-refractivity contribution in [1.82, 2.24) is 18.9 Å². The zero-order chi connectivity index (χ0) is 12.1. The van der Waals surface area contributed by atoms with Crippen molar-refractivity contribution < 1.29 is 9.13 Å². The zero-order valence-electron chi connectivity index (χ0n) is 10.3. The van der Waals surface area contributed by atoms with Crippen molar-refractivity contribution in [3.8, 4) is 0 Å². The molecule has 0 aliphatic carbocycles. The fourth-order valence-electron chi connectivity index (χ4n) is 1.80. The molecule has 2 aliphatic rings. The molecule has 2 saturated heterocycles. The zero-order valence-corrected chi connectivity index (χ0v) is 12.1. The first-order valence-corrected chi connectivity index (χ1v) is 9.90. The van der Waals surface area contributed by atoms with Gasteiger partial charge in [0.1, 0.15) is 7.29 Å². The Morgan fingerprint density at radius 1 is 0.812 bits per heavy atom. The van der Waals surface area contributed by atoms with Gasteiger partial charge in [-0.3, -0.25) is 9.46 Å². The molecule has 6 nitrogen and oxygen atoms in total. The van der Waals surface area contributed by atoms with Crippen LogP contribution in [0.25, 0.3) is 0 Å². The lowest BCUT2D eigenvalue weighted by atomic mass is 10.6. The fraction of sp³-hybridized carbons (Fsp3) is 1.00. The molecule has 2 fully saturated rings. The molecule has 94 valence electrons. The summed E-state index contributed by atoms with van der Waals surface area (Å²) in [6.07, 6.45) is 0. The van der Waals surface area contributed by atoms with Gasteiger partial charge in [-0.05, 0) is 7.05 Å². The van der Waals surface area contributed by atoms with E-state index in [-0.39, 0.29) is 0 Å². The molecule has 8 heteroatoms. The molecule has 0 bridgehead atoms. The predicted molar refractivity (Wildman–Crippen MR) is 65.7 cm³/mol. The third kappa shape index (κ3) is 2.15. The van der Waals surface area contributed by atoms with Gasteiger partial charge in [-0.25, -0.2) is 14.0 Å². The molecule has 0 aromatic carbocycles. The van der Waals surface area contributed by atoms with Crippen molar-refractivity contribution in [2.75, 3.05) is 53.7 Å². The van der Waals surface area contributed by atoms with Crippen LogP contribution in [0, 0.1) is 0 Å². The van der Waals surface area contributed by atoms with Crippen LogP contribution < -0.4 is 0 Å². The molecule has 1 atom stereocenters. The molecular formula is C8H20N4O2P2. The molecule has 2 heterocycles. The van der Waals surface area contributed by atoms with E-state index < -0.39 is 14.7 Å². The number of hydrogen-bond donors (Lipinski definition) is 0. The SMILES string of the molecule is CN1CN(P(C)(=O)N2CN(P(C)(C)=O)C2)C1. The van der Waals surface area contributed by atoms with Crippen molar-refractivity contribution in [2.24, 2.45) is 0 Å². The first-order chi connectivity index (χ1) is 7.21. The second-order valence-corrected chi connectivity index (χ2v) is 11.0. The number of nitrogens with zero attached hydrogens (tertiary/aromatic N) is 4. The van der Waals surface area contributed by atoms with Crippen LogP contribution in [0.3, 0.4) is 0 Å². The Morgan fingerprint density at radius 3 is 1.62 bits per heavy atom. The van der Waals surface area contributed by atoms with Gasteiger partial charge in [0.25, 0.3) is 0 Å². The number of rotatable bonds is 3. The Balaban J connectivity index is 1.92. The van der Waals surface area contributed by atoms with Gasteiger partial charge in [0, 0.05) is 20.0 Å². The molecule has 0 N–H and O–H groups in total. The molecular weight excluding hydrogens is 246 g/mol. The lowest BCUT2D eigenvalue weighted by Crippen LogP contribution is -2.58. The highest BCUT2D eigenvalue weighted by Gasteiger charge is 2.45. The van der Waals surface area contributed by atoms with E-state index in [0.717, 1.165) is 13.3 Å². The maximum atomic E-state index is 12.5. The summed E-state index contributed by atoms with van der Waals surface area (Å²) in [5.41, 5.74) is 0. The van der Waals surface area contributed by atoms with Gasteiger partial charge >= 0.3 is 0 Å². The Morgan fingerprint density at radius 2 is 1.25 bits per heavy atom. The minimum atomic E-state index is -2.38. The Bertz CT molecular complexity index is 370. The van der Waals surface area contributed by atoms with Crippen molar-refractivity contribution in [3.05, 3.63) is 0 Å². The van der Waals surface area contributed by atoms with Gasteiger partial charge in [-0.15, -0.1) is 0 Å². The molecule has 16 heavy (non-hydrogen) atoms. The van der Waals surface area contributed by atoms with Crippen LogP contribution in [0.2, 0.25) is 0 Å². The maximum absolute atomic E-state index is 12.5. The highest BCUT2D eigenvalue weighted by Crippen LogP contribution is 2.58. The maximum Gasteiger partial charge on any atom is 0.217 e. The molecule has 0 radical (unpaired) electrons. The summed E-state index contributed by atoms with van der Waals surface area (Å²) in [6, 6.07) is 0. The summed E-state index contributed by atoms with van der Waals surface area (Å²) >= 11 is 0. The average molecular weight is 266 g/mol. The third-order valence-corrected chi connectivity index (χ3v) is 7.41. The summed E-state index contributed by atoms with van der Waals surface area (Å²) in [6.45, 7) is 7.97. The molecule has 0 saturated carbocycles. The molecule has 2 aliphatic heterocycles. The minimum Gasteiger partial charge on any atom is -0.307 e. The largest absolute Gasteiger partial charge is 0.307 e. The predicted octanol–water partition coefficient (Wildman–Crippen LogP) is 1.04. The van der Waals surface area contributed by atoms with Gasteiger partial charge < -0.3 is 4.57 Å². The van der Waals surface area contributed by atoms with E-state index in [1.807, 2.05) is 21.1 Å². The van der Waals surface area contributed by atoms with Crippen LogP contribution in [-0.4, -0.2) is 72.6 Å². The highest BCUT2D eigenvalue weighted by atomic mass is 31.2. The first kappa shape index (κ1) is 12.7. The minimum absolute atomic E-state index is 0.568. The standard InChI is InChI=1S/C8H20N4O2P2/c1-9-5-11(6-9)16(4,14)12-7-10(8-12)15(2,3)13/h5-8H2,1-4H3. The Kier molecular flexibility index (Phi) is 3.11. The number of hydrogen-bond acceptors (Lipinski definition) is 3. The van der Waals surface area contributed by atoms with Crippen molar-refractivity contribution in [3.63, 3.8) is 0 Å². The van der Waals surface area contributed by atoms with Crippen molar-refractivity contribution in [1.29, 1.82) is 0 Å². The van der Waals surface area contributed by atoms with Gasteiger partial charge in [-0.2, -0.15) is 0 Å². The van der Waals surface area contributed by atoms with Gasteiger partial charge in [0.2, 0.25) is 7.44 Å². The molecule has 2 rings (SSSR count). The van der Waals surface area contributed by atoms with Crippen LogP contribution in [0.5, 0.6) is 0 Å². The second-order valence-electron chi connectivity index (χ2n) is 5.07. The summed E-state index contributed by atoms with van der Waals surface area (Å²) in [5, 5.41) is 0. The Labute approximate surface area is 97.1 Å². The lowest BCUT2D eigenvalue weighted by molar-refractivity contribution is 0.0391. The van der Waals surface area contributed by atoms with Crippen LogP contribution in [0.1, 0.15) is 0 Å². The molecule has 0 amide bonds. The van der Waals surface area contributed by atoms with Gasteiger partial charge in [-0.1, -0.05) is 0 Å². The summed E-state index contributed by atoms with van der Waals surface area (Å²) in [5.74, 6) is 0. The van der Waals surface area contributed by atoms with Crippen molar-refractivity contribution in [2.45, 2.75) is 0 Å².